The van der Waals surface area contributed by atoms with Crippen molar-refractivity contribution in [2.45, 2.75) is 33.2 Å². The standard InChI is InChI=1S/C20H24N4O2/c1-13(2)18(17-6-4-5-11-22-17)24-19(21)14(3)20(26)23-12-15-7-9-16(25)10-8-15/h5,7-11,25H,3-4,6,12H2,1-2H3,(H2,21,24)(H,23,26). The fourth-order valence-corrected chi connectivity index (χ4v) is 2.35. The van der Waals surface area contributed by atoms with E-state index in [9.17, 15) is 9.90 Å². The van der Waals surface area contributed by atoms with Crippen LogP contribution < -0.4 is 11.1 Å². The maximum absolute atomic E-state index is 12.3. The second-order valence-electron chi connectivity index (χ2n) is 6.17. The van der Waals surface area contributed by atoms with E-state index in [0.717, 1.165) is 29.7 Å². The summed E-state index contributed by atoms with van der Waals surface area (Å²) in [5, 5.41) is 12.0. The molecule has 0 aliphatic carbocycles. The topological polar surface area (TPSA) is 100 Å². The predicted molar refractivity (Wildman–Crippen MR) is 105 cm³/mol. The molecule has 1 aromatic rings. The van der Waals surface area contributed by atoms with Gasteiger partial charge in [-0.2, -0.15) is 0 Å². The highest BCUT2D eigenvalue weighted by Gasteiger charge is 2.15. The molecule has 26 heavy (non-hydrogen) atoms. The van der Waals surface area contributed by atoms with Gasteiger partial charge in [-0.3, -0.25) is 9.79 Å². The molecule has 0 unspecified atom stereocenters. The van der Waals surface area contributed by atoms with Crippen LogP contribution in [0.4, 0.5) is 0 Å². The molecule has 1 aliphatic rings. The highest BCUT2D eigenvalue weighted by atomic mass is 16.3. The smallest absolute Gasteiger partial charge is 0.254 e. The Kier molecular flexibility index (Phi) is 6.49. The quantitative estimate of drug-likeness (QED) is 0.417. The monoisotopic (exact) mass is 352 g/mol. The molecule has 4 N–H and O–H groups in total. The third-order valence-electron chi connectivity index (χ3n) is 3.84. The molecule has 0 saturated heterocycles. The van der Waals surface area contributed by atoms with E-state index >= 15 is 0 Å². The van der Waals surface area contributed by atoms with Crippen molar-refractivity contribution in [3.05, 3.63) is 65.5 Å². The van der Waals surface area contributed by atoms with Crippen LogP contribution in [0.15, 0.2) is 69.9 Å². The van der Waals surface area contributed by atoms with Gasteiger partial charge in [-0.15, -0.1) is 0 Å². The number of allylic oxidation sites excluding steroid dienone is 3. The minimum atomic E-state index is -0.391. The average molecular weight is 352 g/mol. The van der Waals surface area contributed by atoms with Gasteiger partial charge in [0.2, 0.25) is 0 Å². The fraction of sp³-hybridized carbons (Fsp3) is 0.250. The first-order chi connectivity index (χ1) is 12.4. The van der Waals surface area contributed by atoms with Crippen LogP contribution in [0.25, 0.3) is 0 Å². The van der Waals surface area contributed by atoms with Gasteiger partial charge in [0.15, 0.2) is 0 Å². The van der Waals surface area contributed by atoms with Crippen LogP contribution in [-0.2, 0) is 11.3 Å². The molecular formula is C20H24N4O2. The zero-order chi connectivity index (χ0) is 19.1. The number of phenols is 1. The van der Waals surface area contributed by atoms with Crippen molar-refractivity contribution in [3.63, 3.8) is 0 Å². The van der Waals surface area contributed by atoms with Gasteiger partial charge < -0.3 is 16.2 Å². The van der Waals surface area contributed by atoms with E-state index < -0.39 is 5.91 Å². The molecule has 1 amide bonds. The van der Waals surface area contributed by atoms with Gasteiger partial charge in [0, 0.05) is 12.7 Å². The summed E-state index contributed by atoms with van der Waals surface area (Å²) in [5.74, 6) is -0.143. The summed E-state index contributed by atoms with van der Waals surface area (Å²) in [6.45, 7) is 7.92. The summed E-state index contributed by atoms with van der Waals surface area (Å²) >= 11 is 0. The van der Waals surface area contributed by atoms with Crippen LogP contribution >= 0.6 is 0 Å². The van der Waals surface area contributed by atoms with Crippen molar-refractivity contribution in [2.24, 2.45) is 15.7 Å². The van der Waals surface area contributed by atoms with Crippen molar-refractivity contribution < 1.29 is 9.90 Å². The Morgan fingerprint density at radius 2 is 2.04 bits per heavy atom. The first kappa shape index (κ1) is 19.2. The number of carbonyl (C=O) groups is 1. The number of aromatic hydroxyl groups is 1. The van der Waals surface area contributed by atoms with Gasteiger partial charge in [-0.25, -0.2) is 4.99 Å². The lowest BCUT2D eigenvalue weighted by Gasteiger charge is -2.12. The average Bonchev–Trinajstić information content (AvgIpc) is 2.65. The van der Waals surface area contributed by atoms with Gasteiger partial charge in [0.25, 0.3) is 5.91 Å². The molecule has 6 heteroatoms. The van der Waals surface area contributed by atoms with Gasteiger partial charge in [-0.05, 0) is 50.0 Å². The molecule has 6 nitrogen and oxygen atoms in total. The Hall–Kier alpha value is -3.15. The van der Waals surface area contributed by atoms with Crippen LogP contribution in [0, 0.1) is 0 Å². The number of amidine groups is 1. The Morgan fingerprint density at radius 1 is 1.35 bits per heavy atom. The molecular weight excluding hydrogens is 328 g/mol. The molecule has 136 valence electrons. The molecule has 2 rings (SSSR count). The van der Waals surface area contributed by atoms with E-state index in [1.165, 1.54) is 0 Å². The number of benzene rings is 1. The molecule has 1 heterocycles. The summed E-state index contributed by atoms with van der Waals surface area (Å²) in [6.07, 6.45) is 5.44. The van der Waals surface area contributed by atoms with E-state index in [4.69, 9.17) is 5.73 Å². The lowest BCUT2D eigenvalue weighted by molar-refractivity contribution is -0.117. The van der Waals surface area contributed by atoms with E-state index in [1.807, 2.05) is 19.9 Å². The normalized spacial score (nSPS) is 13.8. The molecule has 0 spiro atoms. The highest BCUT2D eigenvalue weighted by Crippen LogP contribution is 2.16. The number of hydrogen-bond donors (Lipinski definition) is 3. The minimum Gasteiger partial charge on any atom is -0.508 e. The summed E-state index contributed by atoms with van der Waals surface area (Å²) < 4.78 is 0. The Balaban J connectivity index is 2.06. The van der Waals surface area contributed by atoms with Crippen LogP contribution in [0.3, 0.4) is 0 Å². The second kappa shape index (κ2) is 8.80. The van der Waals surface area contributed by atoms with Crippen molar-refractivity contribution in [1.29, 1.82) is 0 Å². The maximum atomic E-state index is 12.3. The van der Waals surface area contributed by atoms with Gasteiger partial charge in [0.1, 0.15) is 11.6 Å². The zero-order valence-electron chi connectivity index (χ0n) is 15.1. The van der Waals surface area contributed by atoms with Crippen molar-refractivity contribution in [2.75, 3.05) is 0 Å². The largest absolute Gasteiger partial charge is 0.508 e. The number of carbonyl (C=O) groups excluding carboxylic acids is 1. The van der Waals surface area contributed by atoms with Gasteiger partial charge >= 0.3 is 0 Å². The summed E-state index contributed by atoms with van der Waals surface area (Å²) in [6, 6.07) is 6.58. The number of rotatable bonds is 6. The lowest BCUT2D eigenvalue weighted by Crippen LogP contribution is -2.31. The number of aliphatic imine (C=N–C) groups is 2. The summed E-state index contributed by atoms with van der Waals surface area (Å²) in [4.78, 5) is 21.0. The second-order valence-corrected chi connectivity index (χ2v) is 6.17. The molecule has 0 atom stereocenters. The van der Waals surface area contributed by atoms with E-state index in [2.05, 4.69) is 21.9 Å². The number of nitrogens with zero attached hydrogens (tertiary/aromatic N) is 2. The first-order valence-electron chi connectivity index (χ1n) is 8.37. The maximum Gasteiger partial charge on any atom is 0.254 e. The number of nitrogens with two attached hydrogens (primary N) is 1. The zero-order valence-corrected chi connectivity index (χ0v) is 15.1. The SMILES string of the molecule is C=C(C(=O)NCc1ccc(O)cc1)/C(N)=N\C(C1=NC=CCC1)=C(C)C. The summed E-state index contributed by atoms with van der Waals surface area (Å²) in [5.41, 5.74) is 9.48. The highest BCUT2D eigenvalue weighted by molar-refractivity contribution is 6.20. The predicted octanol–water partition coefficient (Wildman–Crippen LogP) is 2.96. The number of amides is 1. The number of phenolic OH excluding ortho intramolecular Hbond substituents is 1. The number of nitrogens with one attached hydrogen (secondary N) is 1. The number of hydrogen-bond acceptors (Lipinski definition) is 4. The lowest BCUT2D eigenvalue weighted by atomic mass is 10.1. The molecule has 1 aliphatic heterocycles. The van der Waals surface area contributed by atoms with Crippen LogP contribution in [0.5, 0.6) is 5.75 Å². The molecule has 0 radical (unpaired) electrons. The molecule has 0 fully saturated rings. The summed E-state index contributed by atoms with van der Waals surface area (Å²) in [7, 11) is 0. The van der Waals surface area contributed by atoms with Crippen LogP contribution in [0.1, 0.15) is 32.3 Å². The van der Waals surface area contributed by atoms with Crippen molar-refractivity contribution in [3.8, 4) is 5.75 Å². The third kappa shape index (κ3) is 5.17. The van der Waals surface area contributed by atoms with E-state index in [1.54, 1.807) is 30.5 Å². The Labute approximate surface area is 153 Å². The first-order valence-corrected chi connectivity index (χ1v) is 8.37. The molecule has 1 aromatic carbocycles. The Bertz CT molecular complexity index is 811. The minimum absolute atomic E-state index is 0.0710. The van der Waals surface area contributed by atoms with Gasteiger partial charge in [0.05, 0.1) is 17.0 Å². The fourth-order valence-electron chi connectivity index (χ4n) is 2.35. The molecule has 0 aromatic heterocycles. The molecule has 0 saturated carbocycles. The van der Waals surface area contributed by atoms with E-state index in [-0.39, 0.29) is 17.2 Å². The van der Waals surface area contributed by atoms with E-state index in [0.29, 0.717) is 12.2 Å². The van der Waals surface area contributed by atoms with Crippen molar-refractivity contribution in [1.82, 2.24) is 5.32 Å². The van der Waals surface area contributed by atoms with Crippen LogP contribution in [-0.4, -0.2) is 22.6 Å². The Morgan fingerprint density at radius 3 is 2.62 bits per heavy atom. The van der Waals surface area contributed by atoms with Crippen LogP contribution in [0.2, 0.25) is 0 Å². The van der Waals surface area contributed by atoms with Crippen molar-refractivity contribution >= 4 is 17.5 Å². The molecule has 0 bridgehead atoms. The van der Waals surface area contributed by atoms with Gasteiger partial charge in [-0.1, -0.05) is 24.8 Å². The third-order valence-corrected chi connectivity index (χ3v) is 3.84.